The molecule has 2 unspecified atom stereocenters. The van der Waals surface area contributed by atoms with Crippen molar-refractivity contribution in [1.29, 1.82) is 5.26 Å². The van der Waals surface area contributed by atoms with Gasteiger partial charge in [0.25, 0.3) is 0 Å². The molecule has 3 aromatic rings. The smallest absolute Gasteiger partial charge is 0.223 e. The van der Waals surface area contributed by atoms with Gasteiger partial charge in [0, 0.05) is 18.0 Å². The number of amides is 1. The fourth-order valence-electron chi connectivity index (χ4n) is 4.08. The topological polar surface area (TPSA) is 83.6 Å². The first-order valence-corrected chi connectivity index (χ1v) is 10.1. The first-order chi connectivity index (χ1) is 14.6. The summed E-state index contributed by atoms with van der Waals surface area (Å²) in [6.45, 7) is 2.57. The number of nitriles is 1. The third-order valence-electron chi connectivity index (χ3n) is 5.65. The van der Waals surface area contributed by atoms with Crippen LogP contribution in [0.15, 0.2) is 48.7 Å². The van der Waals surface area contributed by atoms with Crippen molar-refractivity contribution in [1.82, 2.24) is 20.3 Å². The van der Waals surface area contributed by atoms with E-state index in [2.05, 4.69) is 15.6 Å². The van der Waals surface area contributed by atoms with E-state index in [4.69, 9.17) is 5.26 Å². The van der Waals surface area contributed by atoms with Gasteiger partial charge in [-0.15, -0.1) is 5.10 Å². The average Bonchev–Trinajstić information content (AvgIpc) is 3.43. The lowest BCUT2D eigenvalue weighted by Gasteiger charge is -2.14. The maximum absolute atomic E-state index is 13.9. The van der Waals surface area contributed by atoms with Crippen molar-refractivity contribution in [2.24, 2.45) is 5.92 Å². The predicted molar refractivity (Wildman–Crippen MR) is 111 cm³/mol. The van der Waals surface area contributed by atoms with E-state index in [-0.39, 0.29) is 23.4 Å². The number of nitrogens with zero attached hydrogens (tertiary/aromatic N) is 4. The lowest BCUT2D eigenvalue weighted by atomic mass is 10.0. The van der Waals surface area contributed by atoms with Gasteiger partial charge in [-0.1, -0.05) is 35.5 Å². The molecule has 1 heterocycles. The molecular formula is C23H22FN5O. The van der Waals surface area contributed by atoms with Gasteiger partial charge in [0.2, 0.25) is 5.91 Å². The third kappa shape index (κ3) is 3.81. The van der Waals surface area contributed by atoms with Crippen LogP contribution in [0.25, 0.3) is 22.4 Å². The molecule has 1 aromatic heterocycles. The molecule has 1 aliphatic rings. The molecule has 6 nitrogen and oxygen atoms in total. The number of halogens is 1. The minimum atomic E-state index is -0.524. The van der Waals surface area contributed by atoms with Gasteiger partial charge in [-0.2, -0.15) is 5.26 Å². The summed E-state index contributed by atoms with van der Waals surface area (Å²) in [6.07, 6.45) is 4.22. The summed E-state index contributed by atoms with van der Waals surface area (Å²) in [5.74, 6) is -0.398. The molecule has 1 fully saturated rings. The number of nitrogens with one attached hydrogen (secondary N) is 1. The van der Waals surface area contributed by atoms with E-state index in [1.54, 1.807) is 12.3 Å². The summed E-state index contributed by atoms with van der Waals surface area (Å²) in [4.78, 5) is 12.2. The van der Waals surface area contributed by atoms with Gasteiger partial charge in [0.05, 0.1) is 23.5 Å². The number of aromatic nitrogens is 3. The van der Waals surface area contributed by atoms with Crippen molar-refractivity contribution in [2.75, 3.05) is 6.54 Å². The zero-order valence-electron chi connectivity index (χ0n) is 16.7. The second-order valence-electron chi connectivity index (χ2n) is 7.51. The van der Waals surface area contributed by atoms with Gasteiger partial charge in [-0.25, -0.2) is 9.07 Å². The van der Waals surface area contributed by atoms with E-state index in [1.807, 2.05) is 41.9 Å². The predicted octanol–water partition coefficient (Wildman–Crippen LogP) is 4.10. The van der Waals surface area contributed by atoms with Crippen molar-refractivity contribution in [3.63, 3.8) is 0 Å². The van der Waals surface area contributed by atoms with Gasteiger partial charge >= 0.3 is 0 Å². The SMILES string of the molecule is CCNC(=O)C1CCC(n2nncc2-c2ccc(-c3ccc(C#N)c(F)c3)cc2)C1. The van der Waals surface area contributed by atoms with E-state index in [0.717, 1.165) is 36.1 Å². The second kappa shape index (κ2) is 8.46. The molecule has 1 aliphatic carbocycles. The third-order valence-corrected chi connectivity index (χ3v) is 5.65. The Morgan fingerprint density at radius 2 is 1.93 bits per heavy atom. The minimum absolute atomic E-state index is 0.0145. The van der Waals surface area contributed by atoms with Crippen LogP contribution in [-0.4, -0.2) is 27.4 Å². The van der Waals surface area contributed by atoms with E-state index < -0.39 is 5.82 Å². The normalized spacial score (nSPS) is 18.2. The van der Waals surface area contributed by atoms with Gasteiger partial charge in [-0.3, -0.25) is 4.79 Å². The van der Waals surface area contributed by atoms with Crippen LogP contribution < -0.4 is 5.32 Å². The highest BCUT2D eigenvalue weighted by Gasteiger charge is 2.32. The van der Waals surface area contributed by atoms with Gasteiger partial charge in [0.1, 0.15) is 11.9 Å². The molecule has 152 valence electrons. The van der Waals surface area contributed by atoms with Crippen LogP contribution in [0.5, 0.6) is 0 Å². The van der Waals surface area contributed by atoms with Crippen LogP contribution in [0.3, 0.4) is 0 Å². The summed E-state index contributed by atoms with van der Waals surface area (Å²) in [5, 5.41) is 20.2. The fourth-order valence-corrected chi connectivity index (χ4v) is 4.08. The highest BCUT2D eigenvalue weighted by Crippen LogP contribution is 2.37. The molecule has 0 spiro atoms. The number of rotatable bonds is 5. The molecule has 1 saturated carbocycles. The Morgan fingerprint density at radius 3 is 2.63 bits per heavy atom. The Labute approximate surface area is 174 Å². The largest absolute Gasteiger partial charge is 0.356 e. The van der Waals surface area contributed by atoms with Gasteiger partial charge in [-0.05, 0) is 49.4 Å². The zero-order chi connectivity index (χ0) is 21.1. The average molecular weight is 403 g/mol. The summed E-state index contributed by atoms with van der Waals surface area (Å²) < 4.78 is 15.8. The molecule has 0 radical (unpaired) electrons. The summed E-state index contributed by atoms with van der Waals surface area (Å²) in [7, 11) is 0. The molecule has 7 heteroatoms. The molecule has 2 atom stereocenters. The molecular weight excluding hydrogens is 381 g/mol. The van der Waals surface area contributed by atoms with Crippen LogP contribution in [0, 0.1) is 23.1 Å². The maximum Gasteiger partial charge on any atom is 0.223 e. The fraction of sp³-hybridized carbons (Fsp3) is 0.304. The number of benzene rings is 2. The summed E-state index contributed by atoms with van der Waals surface area (Å²) >= 11 is 0. The minimum Gasteiger partial charge on any atom is -0.356 e. The first kappa shape index (κ1) is 19.8. The summed E-state index contributed by atoms with van der Waals surface area (Å²) in [5.41, 5.74) is 3.46. The molecule has 1 N–H and O–H groups in total. The lowest BCUT2D eigenvalue weighted by molar-refractivity contribution is -0.124. The van der Waals surface area contributed by atoms with E-state index in [1.165, 1.54) is 12.1 Å². The zero-order valence-corrected chi connectivity index (χ0v) is 16.7. The Morgan fingerprint density at radius 1 is 1.20 bits per heavy atom. The van der Waals surface area contributed by atoms with Crippen LogP contribution in [0.1, 0.15) is 37.8 Å². The van der Waals surface area contributed by atoms with Gasteiger partial charge in [0.15, 0.2) is 0 Å². The van der Waals surface area contributed by atoms with Crippen molar-refractivity contribution >= 4 is 5.91 Å². The number of hydrogen-bond donors (Lipinski definition) is 1. The molecule has 4 rings (SSSR count). The molecule has 0 aliphatic heterocycles. The Hall–Kier alpha value is -3.53. The second-order valence-corrected chi connectivity index (χ2v) is 7.51. The van der Waals surface area contributed by atoms with Gasteiger partial charge < -0.3 is 5.32 Å². The molecule has 30 heavy (non-hydrogen) atoms. The van der Waals surface area contributed by atoms with Crippen LogP contribution >= 0.6 is 0 Å². The number of carbonyl (C=O) groups is 1. The first-order valence-electron chi connectivity index (χ1n) is 10.1. The van der Waals surface area contributed by atoms with E-state index in [9.17, 15) is 9.18 Å². The molecule has 0 bridgehead atoms. The highest BCUT2D eigenvalue weighted by molar-refractivity contribution is 5.79. The van der Waals surface area contributed by atoms with E-state index in [0.29, 0.717) is 12.1 Å². The Kier molecular flexibility index (Phi) is 5.57. The number of hydrogen-bond acceptors (Lipinski definition) is 4. The summed E-state index contributed by atoms with van der Waals surface area (Å²) in [6, 6.07) is 14.3. The number of carbonyl (C=O) groups excluding carboxylic acids is 1. The van der Waals surface area contributed by atoms with Crippen molar-refractivity contribution in [2.45, 2.75) is 32.2 Å². The highest BCUT2D eigenvalue weighted by atomic mass is 19.1. The molecule has 1 amide bonds. The molecule has 2 aromatic carbocycles. The van der Waals surface area contributed by atoms with E-state index >= 15 is 0 Å². The lowest BCUT2D eigenvalue weighted by Crippen LogP contribution is -2.29. The monoisotopic (exact) mass is 403 g/mol. The van der Waals surface area contributed by atoms with Crippen LogP contribution in [0.4, 0.5) is 4.39 Å². The molecule has 0 saturated heterocycles. The Bertz CT molecular complexity index is 1100. The standard InChI is InChI=1S/C23H22FN5O/c1-2-26-23(30)18-9-10-20(11-18)29-22(14-27-28-29)16-5-3-15(4-6-16)17-7-8-19(13-25)21(24)12-17/h3-8,12,14,18,20H,2,9-11H2,1H3,(H,26,30). The van der Waals surface area contributed by atoms with Crippen molar-refractivity contribution in [3.8, 4) is 28.5 Å². The maximum atomic E-state index is 13.9. The van der Waals surface area contributed by atoms with Crippen LogP contribution in [0.2, 0.25) is 0 Å². The van der Waals surface area contributed by atoms with Crippen molar-refractivity contribution in [3.05, 3.63) is 60.0 Å². The quantitative estimate of drug-likeness (QED) is 0.695. The van der Waals surface area contributed by atoms with Crippen molar-refractivity contribution < 1.29 is 9.18 Å². The van der Waals surface area contributed by atoms with Crippen LogP contribution in [-0.2, 0) is 4.79 Å². The Balaban J connectivity index is 1.54.